The maximum absolute atomic E-state index is 13.1. The lowest BCUT2D eigenvalue weighted by Crippen LogP contribution is -2.30. The summed E-state index contributed by atoms with van der Waals surface area (Å²) in [4.78, 5) is 20.5. The van der Waals surface area contributed by atoms with Gasteiger partial charge in [0, 0.05) is 29.0 Å². The summed E-state index contributed by atoms with van der Waals surface area (Å²) in [6.45, 7) is 0.504. The molecule has 164 valence electrons. The molecule has 2 heterocycles. The van der Waals surface area contributed by atoms with Crippen molar-refractivity contribution in [3.8, 4) is 22.9 Å². The molecule has 0 aliphatic carbocycles. The standard InChI is InChI=1S/C24H23N3O4S/c1-29-19-9-5-17(6-10-19)24-25-22(31-26-24)13-14-23(28)27(16-21-4-3-15-32-21)18-7-11-20(30-2)12-8-18/h3-12,15H,13-14,16H2,1-2H3. The lowest BCUT2D eigenvalue weighted by atomic mass is 10.2. The highest BCUT2D eigenvalue weighted by Crippen LogP contribution is 2.24. The number of thiophene rings is 1. The molecule has 32 heavy (non-hydrogen) atoms. The van der Waals surface area contributed by atoms with Crippen LogP contribution in [0.1, 0.15) is 17.2 Å². The van der Waals surface area contributed by atoms with E-state index in [-0.39, 0.29) is 12.3 Å². The number of aromatic nitrogens is 2. The van der Waals surface area contributed by atoms with Crippen LogP contribution >= 0.6 is 11.3 Å². The van der Waals surface area contributed by atoms with Crippen LogP contribution in [-0.4, -0.2) is 30.3 Å². The Bertz CT molecular complexity index is 1140. The van der Waals surface area contributed by atoms with E-state index in [1.165, 1.54) is 0 Å². The number of carbonyl (C=O) groups excluding carboxylic acids is 1. The maximum atomic E-state index is 13.1. The van der Waals surface area contributed by atoms with Crippen molar-refractivity contribution in [3.63, 3.8) is 0 Å². The van der Waals surface area contributed by atoms with Gasteiger partial charge in [0.25, 0.3) is 0 Å². The molecular weight excluding hydrogens is 426 g/mol. The summed E-state index contributed by atoms with van der Waals surface area (Å²) in [6, 6.07) is 18.9. The molecule has 0 saturated carbocycles. The minimum absolute atomic E-state index is 0.0206. The Morgan fingerprint density at radius 3 is 2.31 bits per heavy atom. The number of nitrogens with zero attached hydrogens (tertiary/aromatic N) is 3. The Balaban J connectivity index is 1.45. The number of aryl methyl sites for hydroxylation is 1. The van der Waals surface area contributed by atoms with Crippen LogP contribution in [0.2, 0.25) is 0 Å². The van der Waals surface area contributed by atoms with Gasteiger partial charge >= 0.3 is 0 Å². The monoisotopic (exact) mass is 449 g/mol. The molecule has 1 amide bonds. The van der Waals surface area contributed by atoms with Gasteiger partial charge < -0.3 is 18.9 Å². The first kappa shape index (κ1) is 21.6. The molecule has 0 fully saturated rings. The fraction of sp³-hybridized carbons (Fsp3) is 0.208. The smallest absolute Gasteiger partial charge is 0.227 e. The number of benzene rings is 2. The van der Waals surface area contributed by atoms with Gasteiger partial charge in [-0.2, -0.15) is 4.98 Å². The van der Waals surface area contributed by atoms with E-state index < -0.39 is 0 Å². The Morgan fingerprint density at radius 1 is 1.00 bits per heavy atom. The van der Waals surface area contributed by atoms with E-state index in [0.29, 0.717) is 24.7 Å². The minimum Gasteiger partial charge on any atom is -0.497 e. The van der Waals surface area contributed by atoms with E-state index in [4.69, 9.17) is 14.0 Å². The average molecular weight is 450 g/mol. The van der Waals surface area contributed by atoms with Crippen LogP contribution in [0.15, 0.2) is 70.6 Å². The largest absolute Gasteiger partial charge is 0.497 e. The quantitative estimate of drug-likeness (QED) is 0.359. The highest BCUT2D eigenvalue weighted by molar-refractivity contribution is 7.09. The zero-order valence-corrected chi connectivity index (χ0v) is 18.7. The van der Waals surface area contributed by atoms with Crippen molar-refractivity contribution < 1.29 is 18.8 Å². The molecule has 0 aliphatic rings. The van der Waals surface area contributed by atoms with Crippen LogP contribution in [0.4, 0.5) is 5.69 Å². The molecule has 0 aliphatic heterocycles. The van der Waals surface area contributed by atoms with Crippen molar-refractivity contribution in [2.45, 2.75) is 19.4 Å². The number of hydrogen-bond donors (Lipinski definition) is 0. The summed E-state index contributed by atoms with van der Waals surface area (Å²) in [6.07, 6.45) is 0.612. The van der Waals surface area contributed by atoms with Crippen LogP contribution in [0, 0.1) is 0 Å². The predicted octanol–water partition coefficient (Wildman–Crippen LogP) is 4.98. The van der Waals surface area contributed by atoms with Crippen molar-refractivity contribution in [3.05, 3.63) is 76.8 Å². The molecule has 2 aromatic carbocycles. The van der Waals surface area contributed by atoms with E-state index >= 15 is 0 Å². The second kappa shape index (κ2) is 10.1. The maximum Gasteiger partial charge on any atom is 0.227 e. The van der Waals surface area contributed by atoms with Crippen molar-refractivity contribution in [1.82, 2.24) is 10.1 Å². The number of carbonyl (C=O) groups is 1. The number of amides is 1. The second-order valence-electron chi connectivity index (χ2n) is 7.00. The summed E-state index contributed by atoms with van der Waals surface area (Å²) < 4.78 is 15.8. The van der Waals surface area contributed by atoms with Crippen LogP contribution in [0.5, 0.6) is 11.5 Å². The van der Waals surface area contributed by atoms with Crippen LogP contribution < -0.4 is 14.4 Å². The molecule has 4 aromatic rings. The summed E-state index contributed by atoms with van der Waals surface area (Å²) in [5.74, 6) is 2.39. The Kier molecular flexibility index (Phi) is 6.81. The summed E-state index contributed by atoms with van der Waals surface area (Å²) >= 11 is 1.62. The lowest BCUT2D eigenvalue weighted by Gasteiger charge is -2.22. The summed E-state index contributed by atoms with van der Waals surface area (Å²) in [5, 5.41) is 6.04. The minimum atomic E-state index is -0.0206. The zero-order valence-electron chi connectivity index (χ0n) is 17.9. The predicted molar refractivity (Wildman–Crippen MR) is 123 cm³/mol. The molecular formula is C24H23N3O4S. The van der Waals surface area contributed by atoms with Crippen LogP contribution in [-0.2, 0) is 17.8 Å². The number of hydrogen-bond acceptors (Lipinski definition) is 7. The number of ether oxygens (including phenoxy) is 2. The van der Waals surface area contributed by atoms with Crippen molar-refractivity contribution in [1.29, 1.82) is 0 Å². The highest BCUT2D eigenvalue weighted by Gasteiger charge is 2.19. The van der Waals surface area contributed by atoms with Gasteiger partial charge in [-0.3, -0.25) is 4.79 Å². The van der Waals surface area contributed by atoms with Crippen LogP contribution in [0.25, 0.3) is 11.4 Å². The van der Waals surface area contributed by atoms with Gasteiger partial charge in [0.1, 0.15) is 11.5 Å². The second-order valence-corrected chi connectivity index (χ2v) is 8.03. The first-order valence-corrected chi connectivity index (χ1v) is 11.0. The summed E-state index contributed by atoms with van der Waals surface area (Å²) in [5.41, 5.74) is 1.64. The first-order valence-electron chi connectivity index (χ1n) is 10.1. The van der Waals surface area contributed by atoms with Gasteiger partial charge in [-0.25, -0.2) is 0 Å². The van der Waals surface area contributed by atoms with E-state index in [0.717, 1.165) is 27.6 Å². The topological polar surface area (TPSA) is 77.7 Å². The van der Waals surface area contributed by atoms with Gasteiger partial charge in [-0.1, -0.05) is 11.2 Å². The normalized spacial score (nSPS) is 10.7. The first-order chi connectivity index (χ1) is 15.7. The molecule has 0 radical (unpaired) electrons. The number of methoxy groups -OCH3 is 2. The molecule has 0 spiro atoms. The number of anilines is 1. The van der Waals surface area contributed by atoms with Gasteiger partial charge in [-0.05, 0) is 60.0 Å². The fourth-order valence-electron chi connectivity index (χ4n) is 3.21. The van der Waals surface area contributed by atoms with Gasteiger partial charge in [0.15, 0.2) is 0 Å². The SMILES string of the molecule is COc1ccc(-c2noc(CCC(=O)N(Cc3cccs3)c3ccc(OC)cc3)n2)cc1. The van der Waals surface area contributed by atoms with Crippen molar-refractivity contribution in [2.75, 3.05) is 19.1 Å². The average Bonchev–Trinajstić information content (AvgIpc) is 3.53. The molecule has 0 N–H and O–H groups in total. The molecule has 7 nitrogen and oxygen atoms in total. The zero-order chi connectivity index (χ0) is 22.3. The fourth-order valence-corrected chi connectivity index (χ4v) is 3.90. The number of rotatable bonds is 9. The Hall–Kier alpha value is -3.65. The Labute approximate surface area is 190 Å². The third-order valence-electron chi connectivity index (χ3n) is 4.95. The third kappa shape index (κ3) is 5.15. The lowest BCUT2D eigenvalue weighted by molar-refractivity contribution is -0.118. The van der Waals surface area contributed by atoms with Crippen molar-refractivity contribution >= 4 is 22.9 Å². The molecule has 0 unspecified atom stereocenters. The molecule has 8 heteroatoms. The van der Waals surface area contributed by atoms with Gasteiger partial charge in [0.05, 0.1) is 20.8 Å². The van der Waals surface area contributed by atoms with E-state index in [1.807, 2.05) is 66.0 Å². The molecule has 2 aromatic heterocycles. The van der Waals surface area contributed by atoms with Gasteiger partial charge in [0.2, 0.25) is 17.6 Å². The van der Waals surface area contributed by atoms with E-state index in [2.05, 4.69) is 10.1 Å². The molecule has 0 saturated heterocycles. The molecule has 0 bridgehead atoms. The Morgan fingerprint density at radius 2 is 1.69 bits per heavy atom. The van der Waals surface area contributed by atoms with Crippen LogP contribution in [0.3, 0.4) is 0 Å². The molecule has 4 rings (SSSR count). The van der Waals surface area contributed by atoms with Crippen molar-refractivity contribution in [2.24, 2.45) is 0 Å². The summed E-state index contributed by atoms with van der Waals surface area (Å²) in [7, 11) is 3.24. The third-order valence-corrected chi connectivity index (χ3v) is 5.81. The highest BCUT2D eigenvalue weighted by atomic mass is 32.1. The van der Waals surface area contributed by atoms with E-state index in [1.54, 1.807) is 30.5 Å². The van der Waals surface area contributed by atoms with E-state index in [9.17, 15) is 4.79 Å². The molecule has 0 atom stereocenters. The van der Waals surface area contributed by atoms with Gasteiger partial charge in [-0.15, -0.1) is 11.3 Å².